The van der Waals surface area contributed by atoms with Gasteiger partial charge in [0, 0.05) is 5.56 Å². The monoisotopic (exact) mass is 514 g/mol. The largest absolute Gasteiger partial charge is 0.485 e. The Balaban J connectivity index is 1.68. The first-order chi connectivity index (χ1) is 17.8. The van der Waals surface area contributed by atoms with Crippen LogP contribution >= 0.6 is 11.3 Å². The molecule has 3 heterocycles. The summed E-state index contributed by atoms with van der Waals surface area (Å²) in [7, 11) is 0. The summed E-state index contributed by atoms with van der Waals surface area (Å²) in [6.45, 7) is 10.1. The van der Waals surface area contributed by atoms with Gasteiger partial charge >= 0.3 is 5.97 Å². The van der Waals surface area contributed by atoms with Crippen molar-refractivity contribution in [3.63, 3.8) is 0 Å². The SMILES string of the molecule is CCOC(=O)C1=C(C)N=c2s/c(=C/C3=Cc4ccccc4OC3C)c(=O)n2C1c1ccc(C(C)C)cc1. The molecule has 7 heteroatoms. The van der Waals surface area contributed by atoms with Crippen molar-refractivity contribution in [1.29, 1.82) is 0 Å². The van der Waals surface area contributed by atoms with Crippen LogP contribution in [0.15, 0.2) is 75.2 Å². The van der Waals surface area contributed by atoms with Gasteiger partial charge in [-0.2, -0.15) is 0 Å². The van der Waals surface area contributed by atoms with Gasteiger partial charge in [0.25, 0.3) is 5.56 Å². The van der Waals surface area contributed by atoms with E-state index >= 15 is 0 Å². The second kappa shape index (κ2) is 9.98. The molecule has 37 heavy (non-hydrogen) atoms. The summed E-state index contributed by atoms with van der Waals surface area (Å²) in [5.74, 6) is 0.744. The molecule has 6 nitrogen and oxygen atoms in total. The minimum atomic E-state index is -0.617. The molecule has 0 fully saturated rings. The van der Waals surface area contributed by atoms with Crippen molar-refractivity contribution in [2.24, 2.45) is 4.99 Å². The third-order valence-corrected chi connectivity index (χ3v) is 7.73. The molecule has 2 aliphatic rings. The Morgan fingerprint density at radius 2 is 1.92 bits per heavy atom. The molecule has 0 radical (unpaired) electrons. The van der Waals surface area contributed by atoms with Crippen molar-refractivity contribution in [3.05, 3.63) is 102 Å². The number of nitrogens with zero attached hydrogens (tertiary/aromatic N) is 2. The fourth-order valence-electron chi connectivity index (χ4n) is 4.74. The number of rotatable bonds is 5. The van der Waals surface area contributed by atoms with Crippen molar-refractivity contribution in [2.75, 3.05) is 6.61 Å². The maximum atomic E-state index is 13.9. The lowest BCUT2D eigenvalue weighted by molar-refractivity contribution is -0.139. The number of para-hydroxylation sites is 1. The van der Waals surface area contributed by atoms with Gasteiger partial charge in [-0.15, -0.1) is 0 Å². The van der Waals surface area contributed by atoms with Gasteiger partial charge in [0.05, 0.1) is 28.5 Å². The van der Waals surface area contributed by atoms with Crippen molar-refractivity contribution in [3.8, 4) is 5.75 Å². The third-order valence-electron chi connectivity index (χ3n) is 6.75. The van der Waals surface area contributed by atoms with Gasteiger partial charge in [0.15, 0.2) is 4.80 Å². The lowest BCUT2D eigenvalue weighted by Gasteiger charge is -2.25. The van der Waals surface area contributed by atoms with Crippen molar-refractivity contribution < 1.29 is 14.3 Å². The standard InChI is InChI=1S/C30H30N2O4S/c1-6-35-29(34)26-18(4)31-30-32(27(26)21-13-11-20(12-14-21)17(2)3)28(33)25(37-30)16-23-15-22-9-7-8-10-24(22)36-19(23)5/h7-17,19,27H,6H2,1-5H3/b25-16+. The van der Waals surface area contributed by atoms with E-state index in [2.05, 4.69) is 37.0 Å². The van der Waals surface area contributed by atoms with E-state index in [1.165, 1.54) is 16.9 Å². The first-order valence-electron chi connectivity index (χ1n) is 12.5. The number of allylic oxidation sites excluding steroid dienone is 1. The first-order valence-corrected chi connectivity index (χ1v) is 13.4. The van der Waals surface area contributed by atoms with Gasteiger partial charge in [-0.05, 0) is 61.6 Å². The molecule has 0 spiro atoms. The van der Waals surface area contributed by atoms with Crippen LogP contribution in [0.3, 0.4) is 0 Å². The Bertz CT molecular complexity index is 1610. The first kappa shape index (κ1) is 25.0. The number of esters is 1. The van der Waals surface area contributed by atoms with Crippen molar-refractivity contribution >= 4 is 29.5 Å². The molecule has 2 aliphatic heterocycles. The van der Waals surface area contributed by atoms with Gasteiger partial charge in [-0.25, -0.2) is 9.79 Å². The molecule has 1 aromatic heterocycles. The van der Waals surface area contributed by atoms with Gasteiger partial charge < -0.3 is 9.47 Å². The number of benzene rings is 2. The highest BCUT2D eigenvalue weighted by Crippen LogP contribution is 2.32. The van der Waals surface area contributed by atoms with E-state index in [1.807, 2.05) is 49.4 Å². The minimum absolute atomic E-state index is 0.192. The van der Waals surface area contributed by atoms with Gasteiger partial charge in [0.2, 0.25) is 0 Å². The quantitative estimate of drug-likeness (QED) is 0.462. The molecule has 0 bridgehead atoms. The lowest BCUT2D eigenvalue weighted by Crippen LogP contribution is -2.40. The Labute approximate surface area is 219 Å². The molecule has 5 rings (SSSR count). The third kappa shape index (κ3) is 4.60. The smallest absolute Gasteiger partial charge is 0.338 e. The van der Waals surface area contributed by atoms with Crippen molar-refractivity contribution in [1.82, 2.24) is 4.57 Å². The summed E-state index contributed by atoms with van der Waals surface area (Å²) in [4.78, 5) is 32.2. The highest BCUT2D eigenvalue weighted by molar-refractivity contribution is 7.07. The zero-order valence-corrected chi connectivity index (χ0v) is 22.5. The number of carbonyl (C=O) groups is 1. The Morgan fingerprint density at radius 3 is 2.62 bits per heavy atom. The summed E-state index contributed by atoms with van der Waals surface area (Å²) in [5.41, 5.74) is 4.67. The number of thiazole rings is 1. The number of fused-ring (bicyclic) bond motifs is 2. The number of hydrogen-bond acceptors (Lipinski definition) is 6. The highest BCUT2D eigenvalue weighted by Gasteiger charge is 2.33. The van der Waals surface area contributed by atoms with Crippen LogP contribution in [0.1, 0.15) is 63.3 Å². The van der Waals surface area contributed by atoms with E-state index in [0.29, 0.717) is 26.5 Å². The summed E-state index contributed by atoms with van der Waals surface area (Å²) < 4.78 is 13.6. The molecule has 190 valence electrons. The van der Waals surface area contributed by atoms with Gasteiger partial charge in [-0.3, -0.25) is 9.36 Å². The molecule has 2 unspecified atom stereocenters. The number of hydrogen-bond donors (Lipinski definition) is 0. The average Bonchev–Trinajstić information content (AvgIpc) is 3.18. The summed E-state index contributed by atoms with van der Waals surface area (Å²) in [6, 6.07) is 15.3. The molecule has 0 aliphatic carbocycles. The summed E-state index contributed by atoms with van der Waals surface area (Å²) >= 11 is 1.32. The predicted octanol–water partition coefficient (Wildman–Crippen LogP) is 4.74. The number of ether oxygens (including phenoxy) is 2. The molecule has 0 saturated heterocycles. The summed E-state index contributed by atoms with van der Waals surface area (Å²) in [6.07, 6.45) is 3.73. The number of aromatic nitrogens is 1. The molecule has 2 aromatic carbocycles. The molecule has 3 aromatic rings. The Morgan fingerprint density at radius 1 is 1.19 bits per heavy atom. The van der Waals surface area contributed by atoms with Gasteiger partial charge in [0.1, 0.15) is 11.9 Å². The molecule has 0 saturated carbocycles. The van der Waals surface area contributed by atoms with Gasteiger partial charge in [-0.1, -0.05) is 67.6 Å². The van der Waals surface area contributed by atoms with Crippen LogP contribution in [-0.2, 0) is 9.53 Å². The molecular weight excluding hydrogens is 484 g/mol. The van der Waals surface area contributed by atoms with Crippen LogP contribution in [0.4, 0.5) is 0 Å². The predicted molar refractivity (Wildman–Crippen MR) is 146 cm³/mol. The zero-order chi connectivity index (χ0) is 26.3. The van der Waals surface area contributed by atoms with Crippen LogP contribution in [0.5, 0.6) is 5.75 Å². The van der Waals surface area contributed by atoms with E-state index < -0.39 is 12.0 Å². The van der Waals surface area contributed by atoms with Crippen LogP contribution in [0.2, 0.25) is 0 Å². The zero-order valence-electron chi connectivity index (χ0n) is 21.6. The fourth-order valence-corrected chi connectivity index (χ4v) is 5.79. The van der Waals surface area contributed by atoms with E-state index in [-0.39, 0.29) is 18.3 Å². The number of carbonyl (C=O) groups excluding carboxylic acids is 1. The normalized spacial score (nSPS) is 19.1. The maximum Gasteiger partial charge on any atom is 0.338 e. The highest BCUT2D eigenvalue weighted by atomic mass is 32.1. The van der Waals surface area contributed by atoms with Crippen LogP contribution in [-0.4, -0.2) is 23.2 Å². The molecular formula is C30H30N2O4S. The maximum absolute atomic E-state index is 13.9. The van der Waals surface area contributed by atoms with E-state index in [4.69, 9.17) is 9.47 Å². The average molecular weight is 515 g/mol. The lowest BCUT2D eigenvalue weighted by atomic mass is 9.93. The molecule has 0 N–H and O–H groups in total. The van der Waals surface area contributed by atoms with E-state index in [1.54, 1.807) is 18.4 Å². The fraction of sp³-hybridized carbons (Fsp3) is 0.300. The molecule has 0 amide bonds. The second-order valence-corrected chi connectivity index (χ2v) is 10.6. The summed E-state index contributed by atoms with van der Waals surface area (Å²) in [5, 5.41) is 0. The van der Waals surface area contributed by atoms with E-state index in [9.17, 15) is 9.59 Å². The van der Waals surface area contributed by atoms with Crippen LogP contribution in [0.25, 0.3) is 12.2 Å². The van der Waals surface area contributed by atoms with Crippen LogP contribution in [0, 0.1) is 0 Å². The minimum Gasteiger partial charge on any atom is -0.485 e. The molecule has 2 atom stereocenters. The topological polar surface area (TPSA) is 69.9 Å². The second-order valence-electron chi connectivity index (χ2n) is 9.57. The van der Waals surface area contributed by atoms with Crippen LogP contribution < -0.4 is 19.6 Å². The Hall–Kier alpha value is -3.71. The van der Waals surface area contributed by atoms with Crippen molar-refractivity contribution in [2.45, 2.75) is 52.7 Å². The van der Waals surface area contributed by atoms with E-state index in [0.717, 1.165) is 22.4 Å². The Kier molecular flexibility index (Phi) is 6.73.